The Labute approximate surface area is 109 Å². The van der Waals surface area contributed by atoms with Crippen LogP contribution < -0.4 is 5.32 Å². The number of aromatic carboxylic acids is 1. The lowest BCUT2D eigenvalue weighted by Gasteiger charge is -2.13. The van der Waals surface area contributed by atoms with E-state index < -0.39 is 5.97 Å². The fourth-order valence-corrected chi connectivity index (χ4v) is 1.71. The van der Waals surface area contributed by atoms with Gasteiger partial charge < -0.3 is 14.8 Å². The van der Waals surface area contributed by atoms with Gasteiger partial charge in [0.05, 0.1) is 6.54 Å². The molecule has 0 radical (unpaired) electrons. The molecule has 2 aromatic rings. The van der Waals surface area contributed by atoms with Gasteiger partial charge in [-0.2, -0.15) is 0 Å². The number of halogens is 1. The van der Waals surface area contributed by atoms with Crippen LogP contribution in [0.25, 0.3) is 0 Å². The summed E-state index contributed by atoms with van der Waals surface area (Å²) in [5.41, 5.74) is 0.950. The van der Waals surface area contributed by atoms with E-state index in [1.165, 1.54) is 18.2 Å². The summed E-state index contributed by atoms with van der Waals surface area (Å²) in [6.45, 7) is 2.35. The van der Waals surface area contributed by atoms with Crippen LogP contribution in [0.5, 0.6) is 0 Å². The highest BCUT2D eigenvalue weighted by molar-refractivity contribution is 5.84. The molecule has 2 rings (SSSR count). The minimum absolute atomic E-state index is 0.0129. The van der Waals surface area contributed by atoms with E-state index in [0.29, 0.717) is 12.3 Å². The molecule has 100 valence electrons. The van der Waals surface area contributed by atoms with Gasteiger partial charge in [-0.3, -0.25) is 0 Å². The largest absolute Gasteiger partial charge is 0.475 e. The smallest absolute Gasteiger partial charge is 0.371 e. The lowest BCUT2D eigenvalue weighted by atomic mass is 10.1. The van der Waals surface area contributed by atoms with E-state index in [1.54, 1.807) is 18.2 Å². The van der Waals surface area contributed by atoms with Crippen LogP contribution in [0.3, 0.4) is 0 Å². The van der Waals surface area contributed by atoms with Gasteiger partial charge in [-0.15, -0.1) is 0 Å². The normalized spacial score (nSPS) is 12.3. The second-order valence-corrected chi connectivity index (χ2v) is 4.23. The maximum atomic E-state index is 12.8. The topological polar surface area (TPSA) is 62.5 Å². The highest BCUT2D eigenvalue weighted by atomic mass is 19.1. The summed E-state index contributed by atoms with van der Waals surface area (Å²) in [7, 11) is 0. The van der Waals surface area contributed by atoms with Gasteiger partial charge >= 0.3 is 5.97 Å². The maximum Gasteiger partial charge on any atom is 0.371 e. The number of hydrogen-bond donors (Lipinski definition) is 2. The fourth-order valence-electron chi connectivity index (χ4n) is 1.71. The van der Waals surface area contributed by atoms with Crippen molar-refractivity contribution >= 4 is 5.97 Å². The van der Waals surface area contributed by atoms with Crippen molar-refractivity contribution in [1.29, 1.82) is 0 Å². The van der Waals surface area contributed by atoms with Crippen LogP contribution in [0.1, 0.15) is 34.8 Å². The van der Waals surface area contributed by atoms with Crippen molar-refractivity contribution in [3.8, 4) is 0 Å². The molecule has 1 unspecified atom stereocenters. The van der Waals surface area contributed by atoms with Crippen LogP contribution in [0, 0.1) is 5.82 Å². The minimum atomic E-state index is -1.09. The molecule has 19 heavy (non-hydrogen) atoms. The van der Waals surface area contributed by atoms with Crippen LogP contribution in [0.2, 0.25) is 0 Å². The Hall–Kier alpha value is -2.14. The average molecular weight is 263 g/mol. The number of carboxylic acid groups (broad SMARTS) is 1. The molecule has 0 saturated heterocycles. The highest BCUT2D eigenvalue weighted by Gasteiger charge is 2.10. The summed E-state index contributed by atoms with van der Waals surface area (Å²) in [5, 5.41) is 11.9. The minimum Gasteiger partial charge on any atom is -0.475 e. The number of hydrogen-bond acceptors (Lipinski definition) is 3. The second-order valence-electron chi connectivity index (χ2n) is 4.23. The molecule has 1 heterocycles. The molecule has 0 aliphatic carbocycles. The van der Waals surface area contributed by atoms with E-state index in [-0.39, 0.29) is 17.6 Å². The van der Waals surface area contributed by atoms with Crippen LogP contribution >= 0.6 is 0 Å². The molecule has 0 amide bonds. The van der Waals surface area contributed by atoms with Crippen LogP contribution in [0.4, 0.5) is 4.39 Å². The first-order valence-corrected chi connectivity index (χ1v) is 5.87. The summed E-state index contributed by atoms with van der Waals surface area (Å²) < 4.78 is 17.9. The Morgan fingerprint density at radius 2 is 2.00 bits per heavy atom. The van der Waals surface area contributed by atoms with Crippen LogP contribution in [-0.4, -0.2) is 11.1 Å². The molecule has 5 heteroatoms. The zero-order valence-electron chi connectivity index (χ0n) is 10.4. The fraction of sp³-hybridized carbons (Fsp3) is 0.214. The van der Waals surface area contributed by atoms with E-state index in [4.69, 9.17) is 9.52 Å². The first kappa shape index (κ1) is 13.3. The van der Waals surface area contributed by atoms with E-state index in [9.17, 15) is 9.18 Å². The van der Waals surface area contributed by atoms with E-state index in [1.807, 2.05) is 6.92 Å². The molecule has 0 aliphatic rings. The first-order chi connectivity index (χ1) is 9.06. The maximum absolute atomic E-state index is 12.8. The lowest BCUT2D eigenvalue weighted by Crippen LogP contribution is -2.17. The van der Waals surface area contributed by atoms with E-state index in [0.717, 1.165) is 5.56 Å². The summed E-state index contributed by atoms with van der Waals surface area (Å²) in [4.78, 5) is 10.7. The predicted molar refractivity (Wildman–Crippen MR) is 67.3 cm³/mol. The molecule has 0 fully saturated rings. The number of rotatable bonds is 5. The molecule has 0 bridgehead atoms. The molecule has 2 N–H and O–H groups in total. The number of carboxylic acids is 1. The second kappa shape index (κ2) is 5.67. The SMILES string of the molecule is CC(NCc1ccc(C(=O)O)o1)c1ccc(F)cc1. The monoisotopic (exact) mass is 263 g/mol. The highest BCUT2D eigenvalue weighted by Crippen LogP contribution is 2.14. The van der Waals surface area contributed by atoms with Crippen molar-refractivity contribution in [3.05, 3.63) is 59.3 Å². The Balaban J connectivity index is 1.94. The lowest BCUT2D eigenvalue weighted by molar-refractivity contribution is 0.0660. The van der Waals surface area contributed by atoms with E-state index in [2.05, 4.69) is 5.32 Å². The van der Waals surface area contributed by atoms with Gasteiger partial charge in [-0.1, -0.05) is 12.1 Å². The quantitative estimate of drug-likeness (QED) is 0.870. The van der Waals surface area contributed by atoms with Gasteiger partial charge in [-0.25, -0.2) is 9.18 Å². The zero-order valence-corrected chi connectivity index (χ0v) is 10.4. The molecule has 1 atom stereocenters. The number of nitrogens with one attached hydrogen (secondary N) is 1. The Kier molecular flexibility index (Phi) is 3.97. The molecule has 0 spiro atoms. The zero-order chi connectivity index (χ0) is 13.8. The van der Waals surface area contributed by atoms with Crippen molar-refractivity contribution in [2.45, 2.75) is 19.5 Å². The van der Waals surface area contributed by atoms with Gasteiger partial charge in [0.2, 0.25) is 5.76 Å². The molecule has 1 aromatic carbocycles. The Morgan fingerprint density at radius 3 is 2.58 bits per heavy atom. The van der Waals surface area contributed by atoms with Gasteiger partial charge in [0.1, 0.15) is 11.6 Å². The van der Waals surface area contributed by atoms with Crippen LogP contribution in [-0.2, 0) is 6.54 Å². The van der Waals surface area contributed by atoms with Gasteiger partial charge in [0.15, 0.2) is 0 Å². The van der Waals surface area contributed by atoms with Gasteiger partial charge in [0.25, 0.3) is 0 Å². The predicted octanol–water partition coefficient (Wildman–Crippen LogP) is 2.97. The van der Waals surface area contributed by atoms with Crippen molar-refractivity contribution in [1.82, 2.24) is 5.32 Å². The molecular weight excluding hydrogens is 249 g/mol. The Morgan fingerprint density at radius 1 is 1.32 bits per heavy atom. The van der Waals surface area contributed by atoms with Crippen LogP contribution in [0.15, 0.2) is 40.8 Å². The number of benzene rings is 1. The third-order valence-corrected chi connectivity index (χ3v) is 2.82. The van der Waals surface area contributed by atoms with Crippen molar-refractivity contribution in [2.24, 2.45) is 0 Å². The summed E-state index contributed by atoms with van der Waals surface area (Å²) in [6.07, 6.45) is 0. The molecular formula is C14H14FNO3. The Bertz CT molecular complexity index is 562. The average Bonchev–Trinajstić information content (AvgIpc) is 2.86. The van der Waals surface area contributed by atoms with Crippen molar-refractivity contribution in [2.75, 3.05) is 0 Å². The van der Waals surface area contributed by atoms with Crippen molar-refractivity contribution in [3.63, 3.8) is 0 Å². The third kappa shape index (κ3) is 3.42. The summed E-state index contributed by atoms with van der Waals surface area (Å²) >= 11 is 0. The van der Waals surface area contributed by atoms with Gasteiger partial charge in [0, 0.05) is 6.04 Å². The summed E-state index contributed by atoms with van der Waals surface area (Å²) in [5.74, 6) is -0.886. The third-order valence-electron chi connectivity index (χ3n) is 2.82. The first-order valence-electron chi connectivity index (χ1n) is 5.87. The molecule has 4 nitrogen and oxygen atoms in total. The summed E-state index contributed by atoms with van der Waals surface area (Å²) in [6, 6.07) is 9.27. The van der Waals surface area contributed by atoms with Gasteiger partial charge in [-0.05, 0) is 36.8 Å². The molecule has 0 aliphatic heterocycles. The van der Waals surface area contributed by atoms with Crippen molar-refractivity contribution < 1.29 is 18.7 Å². The number of carbonyl (C=O) groups is 1. The molecule has 0 saturated carbocycles. The number of furan rings is 1. The molecule has 1 aromatic heterocycles. The van der Waals surface area contributed by atoms with E-state index >= 15 is 0 Å². The standard InChI is InChI=1S/C14H14FNO3/c1-9(10-2-4-11(15)5-3-10)16-8-12-6-7-13(19-12)14(17)18/h2-7,9,16H,8H2,1H3,(H,17,18).